The molecule has 0 N–H and O–H groups in total. The molecule has 0 atom stereocenters. The van der Waals surface area contributed by atoms with Gasteiger partial charge in [0.1, 0.15) is 0 Å². The molecule has 0 radical (unpaired) electrons. The van der Waals surface area contributed by atoms with Crippen LogP contribution in [0.15, 0.2) is 10.8 Å². The van der Waals surface area contributed by atoms with Gasteiger partial charge in [0.2, 0.25) is 0 Å². The molecule has 0 unspecified atom stereocenters. The molecular weight excluding hydrogens is 433 g/mol. The average Bonchev–Trinajstić information content (AvgIpc) is 3.45. The van der Waals surface area contributed by atoms with Crippen molar-refractivity contribution >= 4 is 52.8 Å². The van der Waals surface area contributed by atoms with Gasteiger partial charge in [-0.3, -0.25) is 0 Å². The van der Waals surface area contributed by atoms with E-state index in [0.29, 0.717) is 0 Å². The van der Waals surface area contributed by atoms with Crippen LogP contribution in [0.5, 0.6) is 0 Å². The van der Waals surface area contributed by atoms with E-state index in [1.165, 1.54) is 116 Å². The molecule has 3 rings (SSSR count). The van der Waals surface area contributed by atoms with E-state index in [4.69, 9.17) is 0 Å². The Hall–Kier alpha value is -0.380. The minimum absolute atomic E-state index is 1.29. The third-order valence-corrected chi connectivity index (χ3v) is 10.5. The highest BCUT2D eigenvalue weighted by Gasteiger charge is 2.15. The fourth-order valence-electron chi connectivity index (χ4n) is 4.65. The second kappa shape index (κ2) is 14.7. The van der Waals surface area contributed by atoms with E-state index in [9.17, 15) is 0 Å². The lowest BCUT2D eigenvalue weighted by atomic mass is 10.1. The predicted octanol–water partition coefficient (Wildman–Crippen LogP) is 11.5. The summed E-state index contributed by atoms with van der Waals surface area (Å²) in [6.07, 6.45) is 25.2. The molecule has 0 aliphatic heterocycles. The van der Waals surface area contributed by atoms with Crippen molar-refractivity contribution in [3.05, 3.63) is 21.9 Å². The molecule has 0 fully saturated rings. The van der Waals surface area contributed by atoms with E-state index >= 15 is 0 Å². The maximum absolute atomic E-state index is 2.46. The summed E-state index contributed by atoms with van der Waals surface area (Å²) in [5.41, 5.74) is 3.27. The van der Waals surface area contributed by atoms with Crippen molar-refractivity contribution in [1.82, 2.24) is 0 Å². The molecule has 3 aromatic heterocycles. The number of aryl methyl sites for hydroxylation is 2. The van der Waals surface area contributed by atoms with E-state index in [-0.39, 0.29) is 0 Å². The summed E-state index contributed by atoms with van der Waals surface area (Å²) < 4.78 is 6.41. The van der Waals surface area contributed by atoms with Crippen molar-refractivity contribution in [3.8, 4) is 0 Å². The second-order valence-electron chi connectivity index (χ2n) is 9.39. The van der Waals surface area contributed by atoms with Crippen LogP contribution in [0.1, 0.15) is 128 Å². The SMILES string of the molecule is CCCCCCCCCCc1csc2c1sc1c(CCCCCCCCCC)csc12. The number of unbranched alkanes of at least 4 members (excludes halogenated alkanes) is 14. The molecular formula is C28H44S3. The molecule has 0 saturated carbocycles. The highest BCUT2D eigenvalue weighted by atomic mass is 32.1. The number of hydrogen-bond donors (Lipinski definition) is 0. The molecule has 3 heterocycles. The maximum Gasteiger partial charge on any atom is 0.0632 e. The van der Waals surface area contributed by atoms with Crippen LogP contribution in [-0.4, -0.2) is 0 Å². The molecule has 0 saturated heterocycles. The van der Waals surface area contributed by atoms with Crippen LogP contribution in [0.4, 0.5) is 0 Å². The van der Waals surface area contributed by atoms with Gasteiger partial charge in [0.05, 0.1) is 18.8 Å². The zero-order valence-corrected chi connectivity index (χ0v) is 22.6. The van der Waals surface area contributed by atoms with Gasteiger partial charge in [0, 0.05) is 0 Å². The van der Waals surface area contributed by atoms with Crippen molar-refractivity contribution in [2.75, 3.05) is 0 Å². The normalized spacial score (nSPS) is 11.9. The topological polar surface area (TPSA) is 0 Å². The first kappa shape index (κ1) is 25.2. The molecule has 3 heteroatoms. The summed E-state index contributed by atoms with van der Waals surface area (Å²) in [4.78, 5) is 0. The standard InChI is InChI=1S/C28H44S3/c1-3-5-7-9-11-13-15-17-19-23-21-29-27-25(23)31-26-24(22-30-28(26)27)20-18-16-14-12-10-8-6-4-2/h21-22H,3-20H2,1-2H3. The lowest BCUT2D eigenvalue weighted by molar-refractivity contribution is 0.576. The van der Waals surface area contributed by atoms with Crippen molar-refractivity contribution in [2.24, 2.45) is 0 Å². The van der Waals surface area contributed by atoms with E-state index in [2.05, 4.69) is 35.9 Å². The maximum atomic E-state index is 2.46. The van der Waals surface area contributed by atoms with Crippen LogP contribution in [-0.2, 0) is 12.8 Å². The Balaban J connectivity index is 1.42. The van der Waals surface area contributed by atoms with Gasteiger partial charge in [-0.1, -0.05) is 104 Å². The lowest BCUT2D eigenvalue weighted by Gasteiger charge is -2.02. The monoisotopic (exact) mass is 476 g/mol. The van der Waals surface area contributed by atoms with Crippen LogP contribution < -0.4 is 0 Å². The quantitative estimate of drug-likeness (QED) is 0.160. The molecule has 3 aromatic rings. The van der Waals surface area contributed by atoms with Gasteiger partial charge < -0.3 is 0 Å². The van der Waals surface area contributed by atoms with E-state index in [0.717, 1.165) is 0 Å². The number of fused-ring (bicyclic) bond motifs is 3. The van der Waals surface area contributed by atoms with E-state index in [1.807, 2.05) is 22.7 Å². The zero-order chi connectivity index (χ0) is 21.7. The minimum Gasteiger partial charge on any atom is -0.141 e. The number of rotatable bonds is 18. The molecule has 0 amide bonds. The van der Waals surface area contributed by atoms with Crippen LogP contribution in [0.2, 0.25) is 0 Å². The molecule has 0 nitrogen and oxygen atoms in total. The fraction of sp³-hybridized carbons (Fsp3) is 0.714. The molecule has 0 aliphatic rings. The van der Waals surface area contributed by atoms with Crippen molar-refractivity contribution in [2.45, 2.75) is 129 Å². The first-order valence-corrected chi connectivity index (χ1v) is 15.8. The number of thiophene rings is 3. The highest BCUT2D eigenvalue weighted by Crippen LogP contribution is 2.45. The van der Waals surface area contributed by atoms with Gasteiger partial charge in [-0.2, -0.15) is 0 Å². The van der Waals surface area contributed by atoms with Crippen molar-refractivity contribution in [3.63, 3.8) is 0 Å². The zero-order valence-electron chi connectivity index (χ0n) is 20.1. The molecule has 0 aliphatic carbocycles. The summed E-state index contributed by atoms with van der Waals surface area (Å²) in [6.45, 7) is 4.60. The van der Waals surface area contributed by atoms with Crippen LogP contribution in [0, 0.1) is 0 Å². The van der Waals surface area contributed by atoms with E-state index < -0.39 is 0 Å². The first-order valence-electron chi connectivity index (χ1n) is 13.2. The molecule has 0 bridgehead atoms. The van der Waals surface area contributed by atoms with Gasteiger partial charge in [-0.15, -0.1) is 34.0 Å². The van der Waals surface area contributed by atoms with Gasteiger partial charge in [-0.05, 0) is 47.6 Å². The van der Waals surface area contributed by atoms with Gasteiger partial charge >= 0.3 is 0 Å². The lowest BCUT2D eigenvalue weighted by Crippen LogP contribution is -1.85. The third kappa shape index (κ3) is 7.86. The second-order valence-corrected chi connectivity index (χ2v) is 12.2. The predicted molar refractivity (Wildman–Crippen MR) is 148 cm³/mol. The van der Waals surface area contributed by atoms with Crippen LogP contribution in [0.25, 0.3) is 18.8 Å². The third-order valence-electron chi connectivity index (χ3n) is 6.64. The summed E-state index contributed by atoms with van der Waals surface area (Å²) >= 11 is 6.11. The summed E-state index contributed by atoms with van der Waals surface area (Å²) in [5.74, 6) is 0. The Kier molecular flexibility index (Phi) is 12.0. The smallest absolute Gasteiger partial charge is 0.0632 e. The summed E-state index contributed by atoms with van der Waals surface area (Å²) in [5, 5.41) is 4.92. The average molecular weight is 477 g/mol. The van der Waals surface area contributed by atoms with E-state index in [1.54, 1.807) is 29.9 Å². The highest BCUT2D eigenvalue weighted by molar-refractivity contribution is 7.38. The molecule has 174 valence electrons. The van der Waals surface area contributed by atoms with Crippen LogP contribution >= 0.6 is 34.0 Å². The Morgan fingerprint density at radius 1 is 0.452 bits per heavy atom. The Bertz CT molecular complexity index is 781. The van der Waals surface area contributed by atoms with Gasteiger partial charge in [0.15, 0.2) is 0 Å². The summed E-state index contributed by atoms with van der Waals surface area (Å²) in [6, 6.07) is 0. The Morgan fingerprint density at radius 2 is 0.806 bits per heavy atom. The van der Waals surface area contributed by atoms with Crippen LogP contribution in [0.3, 0.4) is 0 Å². The Labute approximate surface area is 203 Å². The Morgan fingerprint density at radius 3 is 1.19 bits per heavy atom. The minimum atomic E-state index is 1.29. The summed E-state index contributed by atoms with van der Waals surface area (Å²) in [7, 11) is 0. The molecule has 0 spiro atoms. The van der Waals surface area contributed by atoms with Gasteiger partial charge in [-0.25, -0.2) is 0 Å². The number of hydrogen-bond acceptors (Lipinski definition) is 3. The molecule has 31 heavy (non-hydrogen) atoms. The fourth-order valence-corrected chi connectivity index (χ4v) is 8.82. The van der Waals surface area contributed by atoms with Gasteiger partial charge in [0.25, 0.3) is 0 Å². The van der Waals surface area contributed by atoms with Crippen molar-refractivity contribution in [1.29, 1.82) is 0 Å². The molecule has 0 aromatic carbocycles. The largest absolute Gasteiger partial charge is 0.141 e. The first-order chi connectivity index (χ1) is 15.3. The van der Waals surface area contributed by atoms with Crippen molar-refractivity contribution < 1.29 is 0 Å².